The summed E-state index contributed by atoms with van der Waals surface area (Å²) >= 11 is 0. The summed E-state index contributed by atoms with van der Waals surface area (Å²) < 4.78 is 17.1. The van der Waals surface area contributed by atoms with E-state index in [-0.39, 0.29) is 0 Å². The highest BCUT2D eigenvalue weighted by atomic mass is 19.1. The molecular weight excluding hydrogens is 171 g/mol. The molecule has 0 radical (unpaired) electrons. The Morgan fingerprint density at radius 1 is 1.17 bits per heavy atom. The SMILES string of the molecule is OC[C@H]1O[C@H](O)[C@@H](F)[C@@H](O)[C@H]1O. The van der Waals surface area contributed by atoms with E-state index < -0.39 is 37.4 Å². The van der Waals surface area contributed by atoms with Crippen molar-refractivity contribution < 1.29 is 29.6 Å². The second kappa shape index (κ2) is 3.63. The zero-order chi connectivity index (χ0) is 9.30. The van der Waals surface area contributed by atoms with E-state index >= 15 is 0 Å². The standard InChI is InChI=1S/C6H11FO5/c7-3-5(10)4(9)2(1-8)12-6(3)11/h2-6,8-11H,1H2/t2-,3+,4+,5-,6+/m1/s1. The van der Waals surface area contributed by atoms with Gasteiger partial charge in [-0.05, 0) is 0 Å². The van der Waals surface area contributed by atoms with Crippen LogP contribution in [0.15, 0.2) is 0 Å². The van der Waals surface area contributed by atoms with Crippen molar-refractivity contribution in [3.8, 4) is 0 Å². The fourth-order valence-electron chi connectivity index (χ4n) is 1.06. The van der Waals surface area contributed by atoms with Crippen molar-refractivity contribution in [2.75, 3.05) is 6.61 Å². The lowest BCUT2D eigenvalue weighted by atomic mass is 10.0. The highest BCUT2D eigenvalue weighted by molar-refractivity contribution is 4.88. The third kappa shape index (κ3) is 1.57. The van der Waals surface area contributed by atoms with Crippen LogP contribution in [-0.4, -0.2) is 57.8 Å². The second-order valence-electron chi connectivity index (χ2n) is 2.67. The largest absolute Gasteiger partial charge is 0.394 e. The maximum atomic E-state index is 12.7. The summed E-state index contributed by atoms with van der Waals surface area (Å²) in [7, 11) is 0. The minimum absolute atomic E-state index is 0.581. The number of ether oxygens (including phenoxy) is 1. The summed E-state index contributed by atoms with van der Waals surface area (Å²) in [5.41, 5.74) is 0. The zero-order valence-corrected chi connectivity index (χ0v) is 6.17. The van der Waals surface area contributed by atoms with Crippen molar-refractivity contribution in [1.82, 2.24) is 0 Å². The molecule has 72 valence electrons. The normalized spacial score (nSPS) is 49.2. The van der Waals surface area contributed by atoms with E-state index in [1.165, 1.54) is 0 Å². The van der Waals surface area contributed by atoms with Gasteiger partial charge in [-0.15, -0.1) is 0 Å². The molecule has 0 bridgehead atoms. The van der Waals surface area contributed by atoms with Gasteiger partial charge in [0.25, 0.3) is 0 Å². The highest BCUT2D eigenvalue weighted by Gasteiger charge is 2.43. The lowest BCUT2D eigenvalue weighted by Crippen LogP contribution is -2.56. The number of rotatable bonds is 1. The molecule has 5 atom stereocenters. The maximum Gasteiger partial charge on any atom is 0.189 e. The van der Waals surface area contributed by atoms with Gasteiger partial charge in [0.05, 0.1) is 6.61 Å². The molecular formula is C6H11FO5. The number of halogens is 1. The molecule has 1 saturated heterocycles. The van der Waals surface area contributed by atoms with Crippen LogP contribution >= 0.6 is 0 Å². The van der Waals surface area contributed by atoms with Crippen molar-refractivity contribution >= 4 is 0 Å². The number of aliphatic hydroxyl groups excluding tert-OH is 4. The van der Waals surface area contributed by atoms with E-state index in [0.717, 1.165) is 0 Å². The first-order valence-corrected chi connectivity index (χ1v) is 3.52. The van der Waals surface area contributed by atoms with Gasteiger partial charge in [-0.25, -0.2) is 4.39 Å². The van der Waals surface area contributed by atoms with Crippen LogP contribution in [0, 0.1) is 0 Å². The summed E-state index contributed by atoms with van der Waals surface area (Å²) in [6.07, 6.45) is -8.19. The van der Waals surface area contributed by atoms with Gasteiger partial charge in [0.1, 0.15) is 18.3 Å². The molecule has 0 aromatic rings. The van der Waals surface area contributed by atoms with Crippen LogP contribution < -0.4 is 0 Å². The van der Waals surface area contributed by atoms with Crippen LogP contribution in [0.3, 0.4) is 0 Å². The summed E-state index contributed by atoms with van der Waals surface area (Å²) in [4.78, 5) is 0. The first-order valence-electron chi connectivity index (χ1n) is 3.52. The van der Waals surface area contributed by atoms with Gasteiger partial charge >= 0.3 is 0 Å². The van der Waals surface area contributed by atoms with Crippen LogP contribution in [0.4, 0.5) is 4.39 Å². The van der Waals surface area contributed by atoms with E-state index in [1.807, 2.05) is 0 Å². The van der Waals surface area contributed by atoms with Gasteiger partial charge in [0.15, 0.2) is 12.5 Å². The van der Waals surface area contributed by atoms with E-state index in [4.69, 9.17) is 20.4 Å². The summed E-state index contributed by atoms with van der Waals surface area (Å²) in [5, 5.41) is 35.3. The predicted octanol–water partition coefficient (Wildman–Crippen LogP) is -2.24. The molecule has 0 amide bonds. The Labute approximate surface area is 68.0 Å². The third-order valence-corrected chi connectivity index (χ3v) is 1.82. The Morgan fingerprint density at radius 3 is 2.25 bits per heavy atom. The quantitative estimate of drug-likeness (QED) is 0.368. The minimum atomic E-state index is -2.04. The number of hydrogen-bond donors (Lipinski definition) is 4. The van der Waals surface area contributed by atoms with Gasteiger partial charge in [-0.2, -0.15) is 0 Å². The Kier molecular flexibility index (Phi) is 2.97. The molecule has 0 aromatic heterocycles. The van der Waals surface area contributed by atoms with Crippen LogP contribution in [-0.2, 0) is 4.74 Å². The Morgan fingerprint density at radius 2 is 1.75 bits per heavy atom. The topological polar surface area (TPSA) is 90.2 Å². The molecule has 4 N–H and O–H groups in total. The van der Waals surface area contributed by atoms with Crippen LogP contribution in [0.25, 0.3) is 0 Å². The van der Waals surface area contributed by atoms with E-state index in [1.54, 1.807) is 0 Å². The maximum absolute atomic E-state index is 12.7. The van der Waals surface area contributed by atoms with Gasteiger partial charge in [0, 0.05) is 0 Å². The molecule has 1 fully saturated rings. The summed E-state index contributed by atoms with van der Waals surface area (Å²) in [6.45, 7) is -0.581. The monoisotopic (exact) mass is 182 g/mol. The van der Waals surface area contributed by atoms with Crippen LogP contribution in [0.5, 0.6) is 0 Å². The van der Waals surface area contributed by atoms with Crippen molar-refractivity contribution in [2.45, 2.75) is 30.8 Å². The smallest absolute Gasteiger partial charge is 0.189 e. The number of alkyl halides is 1. The number of hydrogen-bond acceptors (Lipinski definition) is 5. The fraction of sp³-hybridized carbons (Fsp3) is 1.00. The molecule has 0 unspecified atom stereocenters. The molecule has 0 aliphatic carbocycles. The summed E-state index contributed by atoms with van der Waals surface area (Å²) in [6, 6.07) is 0. The van der Waals surface area contributed by atoms with Gasteiger partial charge in [-0.3, -0.25) is 0 Å². The Hall–Kier alpha value is -0.270. The first kappa shape index (κ1) is 9.82. The average molecular weight is 182 g/mol. The van der Waals surface area contributed by atoms with Gasteiger partial charge < -0.3 is 25.2 Å². The van der Waals surface area contributed by atoms with Crippen molar-refractivity contribution in [3.05, 3.63) is 0 Å². The predicted molar refractivity (Wildman–Crippen MR) is 34.9 cm³/mol. The average Bonchev–Trinajstić information content (AvgIpc) is 2.08. The van der Waals surface area contributed by atoms with Crippen molar-refractivity contribution in [2.24, 2.45) is 0 Å². The number of aliphatic hydroxyl groups is 4. The van der Waals surface area contributed by atoms with Crippen molar-refractivity contribution in [1.29, 1.82) is 0 Å². The summed E-state index contributed by atoms with van der Waals surface area (Å²) in [5.74, 6) is 0. The molecule has 0 aromatic carbocycles. The molecule has 1 rings (SSSR count). The first-order chi connectivity index (χ1) is 5.57. The minimum Gasteiger partial charge on any atom is -0.394 e. The van der Waals surface area contributed by atoms with E-state index in [9.17, 15) is 4.39 Å². The Bertz CT molecular complexity index is 150. The van der Waals surface area contributed by atoms with Gasteiger partial charge in [-0.1, -0.05) is 0 Å². The fourth-order valence-corrected chi connectivity index (χ4v) is 1.06. The third-order valence-electron chi connectivity index (χ3n) is 1.82. The highest BCUT2D eigenvalue weighted by Crippen LogP contribution is 2.21. The van der Waals surface area contributed by atoms with E-state index in [0.29, 0.717) is 0 Å². The molecule has 0 saturated carbocycles. The molecule has 6 heteroatoms. The van der Waals surface area contributed by atoms with Gasteiger partial charge in [0.2, 0.25) is 0 Å². The molecule has 12 heavy (non-hydrogen) atoms. The van der Waals surface area contributed by atoms with Crippen molar-refractivity contribution in [3.63, 3.8) is 0 Å². The molecule has 0 spiro atoms. The Balaban J connectivity index is 2.63. The molecule has 1 aliphatic rings. The lowest BCUT2D eigenvalue weighted by molar-refractivity contribution is -0.271. The zero-order valence-electron chi connectivity index (χ0n) is 6.17. The second-order valence-corrected chi connectivity index (χ2v) is 2.67. The van der Waals surface area contributed by atoms with Crippen LogP contribution in [0.2, 0.25) is 0 Å². The molecule has 1 aliphatic heterocycles. The molecule has 1 heterocycles. The lowest BCUT2D eigenvalue weighted by Gasteiger charge is -2.36. The molecule has 5 nitrogen and oxygen atoms in total. The van der Waals surface area contributed by atoms with E-state index in [2.05, 4.69) is 4.74 Å². The van der Waals surface area contributed by atoms with Crippen LogP contribution in [0.1, 0.15) is 0 Å².